The lowest BCUT2D eigenvalue weighted by Gasteiger charge is -2.41. The molecule has 1 rings (SSSR count). The van der Waals surface area contributed by atoms with E-state index in [0.717, 1.165) is 12.8 Å². The second-order valence-corrected chi connectivity index (χ2v) is 4.88. The van der Waals surface area contributed by atoms with Crippen molar-refractivity contribution in [3.8, 4) is 0 Å². The van der Waals surface area contributed by atoms with E-state index in [0.29, 0.717) is 18.4 Å². The summed E-state index contributed by atoms with van der Waals surface area (Å²) in [5.41, 5.74) is 0. The highest BCUT2D eigenvalue weighted by molar-refractivity contribution is 4.83. The van der Waals surface area contributed by atoms with E-state index >= 15 is 0 Å². The van der Waals surface area contributed by atoms with Gasteiger partial charge in [0, 0.05) is 6.04 Å². The fraction of sp³-hybridized carbons (Fsp3) is 1.00. The Labute approximate surface area is 89.6 Å². The summed E-state index contributed by atoms with van der Waals surface area (Å²) >= 11 is 0. The molecule has 0 radical (unpaired) electrons. The van der Waals surface area contributed by atoms with Crippen LogP contribution in [0, 0.1) is 11.8 Å². The smallest absolute Gasteiger partial charge is 0.292 e. The lowest BCUT2D eigenvalue weighted by molar-refractivity contribution is -0.156. The third-order valence-corrected chi connectivity index (χ3v) is 3.42. The zero-order valence-electron chi connectivity index (χ0n) is 9.64. The Morgan fingerprint density at radius 3 is 2.40 bits per heavy atom. The van der Waals surface area contributed by atoms with Crippen molar-refractivity contribution in [3.63, 3.8) is 0 Å². The van der Waals surface area contributed by atoms with E-state index in [-0.39, 0.29) is 6.04 Å². The zero-order valence-corrected chi connectivity index (χ0v) is 9.64. The fourth-order valence-electron chi connectivity index (χ4n) is 2.59. The van der Waals surface area contributed by atoms with Crippen LogP contribution in [0.5, 0.6) is 0 Å². The minimum atomic E-state index is -4.06. The second-order valence-electron chi connectivity index (χ2n) is 4.88. The van der Waals surface area contributed by atoms with Gasteiger partial charge >= 0.3 is 6.18 Å². The van der Waals surface area contributed by atoms with Crippen LogP contribution in [0.2, 0.25) is 0 Å². The number of alkyl halides is 3. The van der Waals surface area contributed by atoms with Crippen LogP contribution >= 0.6 is 0 Å². The van der Waals surface area contributed by atoms with Gasteiger partial charge in [0.1, 0.15) is 0 Å². The molecule has 1 fully saturated rings. The lowest BCUT2D eigenvalue weighted by Crippen LogP contribution is -2.48. The standard InChI is InChI=1S/C11H20F3N/c1-8(2)10-5-4-6-15(9(10)3)7-11(12,13)14/h8-10H,4-7H2,1-3H3/t9-,10+/m0/s1. The van der Waals surface area contributed by atoms with Crippen LogP contribution in [0.3, 0.4) is 0 Å². The van der Waals surface area contributed by atoms with Crippen molar-refractivity contribution in [3.05, 3.63) is 0 Å². The van der Waals surface area contributed by atoms with Crippen LogP contribution in [-0.2, 0) is 0 Å². The Morgan fingerprint density at radius 1 is 1.33 bits per heavy atom. The van der Waals surface area contributed by atoms with E-state index in [1.165, 1.54) is 0 Å². The van der Waals surface area contributed by atoms with Gasteiger partial charge in [-0.2, -0.15) is 13.2 Å². The first-order valence-corrected chi connectivity index (χ1v) is 5.62. The second kappa shape index (κ2) is 4.73. The Balaban J connectivity index is 2.58. The molecule has 1 heterocycles. The Bertz CT molecular complexity index is 200. The summed E-state index contributed by atoms with van der Waals surface area (Å²) in [6.45, 7) is 5.95. The van der Waals surface area contributed by atoms with Crippen molar-refractivity contribution in [1.29, 1.82) is 0 Å². The normalized spacial score (nSPS) is 29.8. The van der Waals surface area contributed by atoms with E-state index < -0.39 is 12.7 Å². The predicted molar refractivity (Wildman–Crippen MR) is 54.7 cm³/mol. The molecule has 0 aromatic carbocycles. The first-order valence-electron chi connectivity index (χ1n) is 5.62. The summed E-state index contributed by atoms with van der Waals surface area (Å²) in [7, 11) is 0. The molecular formula is C11H20F3N. The number of rotatable bonds is 2. The van der Waals surface area contributed by atoms with E-state index in [9.17, 15) is 13.2 Å². The molecule has 0 aromatic heterocycles. The van der Waals surface area contributed by atoms with Crippen molar-refractivity contribution < 1.29 is 13.2 Å². The molecule has 1 aliphatic rings. The van der Waals surface area contributed by atoms with Gasteiger partial charge in [-0.1, -0.05) is 13.8 Å². The highest BCUT2D eigenvalue weighted by Crippen LogP contribution is 2.31. The maximum Gasteiger partial charge on any atom is 0.401 e. The summed E-state index contributed by atoms with van der Waals surface area (Å²) in [6.07, 6.45) is -2.11. The Morgan fingerprint density at radius 2 is 1.93 bits per heavy atom. The lowest BCUT2D eigenvalue weighted by atomic mass is 9.82. The van der Waals surface area contributed by atoms with Crippen LogP contribution in [0.1, 0.15) is 33.6 Å². The number of likely N-dealkylation sites (tertiary alicyclic amines) is 1. The van der Waals surface area contributed by atoms with E-state index in [1.807, 2.05) is 6.92 Å². The molecule has 0 aromatic rings. The predicted octanol–water partition coefficient (Wildman–Crippen LogP) is 3.31. The van der Waals surface area contributed by atoms with Crippen molar-refractivity contribution in [2.45, 2.75) is 45.8 Å². The summed E-state index contributed by atoms with van der Waals surface area (Å²) in [4.78, 5) is 1.58. The highest BCUT2D eigenvalue weighted by Gasteiger charge is 2.37. The van der Waals surface area contributed by atoms with E-state index in [1.54, 1.807) is 4.90 Å². The quantitative estimate of drug-likeness (QED) is 0.694. The SMILES string of the molecule is CC(C)[C@H]1CCCN(CC(F)(F)F)[C@H]1C. The van der Waals surface area contributed by atoms with Crippen molar-refractivity contribution in [2.75, 3.05) is 13.1 Å². The number of halogens is 3. The summed E-state index contributed by atoms with van der Waals surface area (Å²) in [5.74, 6) is 0.872. The van der Waals surface area contributed by atoms with Crippen LogP contribution in [0.25, 0.3) is 0 Å². The molecular weight excluding hydrogens is 203 g/mol. The molecule has 90 valence electrons. The molecule has 0 aliphatic carbocycles. The monoisotopic (exact) mass is 223 g/mol. The molecule has 4 heteroatoms. The van der Waals surface area contributed by atoms with Gasteiger partial charge in [-0.15, -0.1) is 0 Å². The molecule has 0 bridgehead atoms. The third kappa shape index (κ3) is 3.67. The van der Waals surface area contributed by atoms with Gasteiger partial charge in [0.05, 0.1) is 6.54 Å². The maximum atomic E-state index is 12.3. The first-order chi connectivity index (χ1) is 6.81. The Hall–Kier alpha value is -0.250. The number of piperidine rings is 1. The van der Waals surface area contributed by atoms with Gasteiger partial charge in [0.15, 0.2) is 0 Å². The molecule has 1 aliphatic heterocycles. The third-order valence-electron chi connectivity index (χ3n) is 3.42. The van der Waals surface area contributed by atoms with Gasteiger partial charge in [-0.3, -0.25) is 4.90 Å². The zero-order chi connectivity index (χ0) is 11.6. The van der Waals surface area contributed by atoms with E-state index in [2.05, 4.69) is 13.8 Å². The molecule has 15 heavy (non-hydrogen) atoms. The number of hydrogen-bond acceptors (Lipinski definition) is 1. The minimum Gasteiger partial charge on any atom is -0.292 e. The summed E-state index contributed by atoms with van der Waals surface area (Å²) < 4.78 is 36.9. The van der Waals surface area contributed by atoms with Gasteiger partial charge in [-0.25, -0.2) is 0 Å². The molecule has 1 nitrogen and oxygen atoms in total. The van der Waals surface area contributed by atoms with Crippen LogP contribution in [0.15, 0.2) is 0 Å². The Kier molecular flexibility index (Phi) is 4.04. The molecule has 1 saturated heterocycles. The van der Waals surface area contributed by atoms with Gasteiger partial charge in [-0.05, 0) is 38.1 Å². The highest BCUT2D eigenvalue weighted by atomic mass is 19.4. The minimum absolute atomic E-state index is 0.0559. The van der Waals surface area contributed by atoms with Gasteiger partial charge in [0.25, 0.3) is 0 Å². The van der Waals surface area contributed by atoms with Crippen molar-refractivity contribution >= 4 is 0 Å². The topological polar surface area (TPSA) is 3.24 Å². The number of hydrogen-bond donors (Lipinski definition) is 0. The summed E-state index contributed by atoms with van der Waals surface area (Å²) in [5, 5.41) is 0. The molecule has 0 unspecified atom stereocenters. The van der Waals surface area contributed by atoms with E-state index in [4.69, 9.17) is 0 Å². The molecule has 0 spiro atoms. The molecule has 0 saturated carbocycles. The van der Waals surface area contributed by atoms with Crippen LogP contribution in [-0.4, -0.2) is 30.2 Å². The molecule has 0 amide bonds. The number of nitrogens with zero attached hydrogens (tertiary/aromatic N) is 1. The fourth-order valence-corrected chi connectivity index (χ4v) is 2.59. The van der Waals surface area contributed by atoms with Crippen molar-refractivity contribution in [2.24, 2.45) is 11.8 Å². The average molecular weight is 223 g/mol. The van der Waals surface area contributed by atoms with Gasteiger partial charge < -0.3 is 0 Å². The average Bonchev–Trinajstić information content (AvgIpc) is 2.05. The molecule has 2 atom stereocenters. The van der Waals surface area contributed by atoms with Gasteiger partial charge in [0.2, 0.25) is 0 Å². The van der Waals surface area contributed by atoms with Crippen LogP contribution in [0.4, 0.5) is 13.2 Å². The largest absolute Gasteiger partial charge is 0.401 e. The van der Waals surface area contributed by atoms with Crippen LogP contribution < -0.4 is 0 Å². The first kappa shape index (κ1) is 12.8. The summed E-state index contributed by atoms with van der Waals surface area (Å²) in [6, 6.07) is 0.0559. The molecule has 0 N–H and O–H groups in total. The van der Waals surface area contributed by atoms with Crippen molar-refractivity contribution in [1.82, 2.24) is 4.90 Å². The maximum absolute atomic E-state index is 12.3.